The molecule has 0 unspecified atom stereocenters. The maximum Gasteiger partial charge on any atom is 0.208 e. The first-order valence-electron chi connectivity index (χ1n) is 10.0. The number of aromatic nitrogens is 3. The van der Waals surface area contributed by atoms with Gasteiger partial charge in [0.2, 0.25) is 5.16 Å². The van der Waals surface area contributed by atoms with Crippen molar-refractivity contribution in [1.29, 1.82) is 0 Å². The van der Waals surface area contributed by atoms with Crippen molar-refractivity contribution in [1.82, 2.24) is 15.2 Å². The molecule has 1 aliphatic rings. The summed E-state index contributed by atoms with van der Waals surface area (Å²) in [6, 6.07) is 25.6. The first-order valence-corrected chi connectivity index (χ1v) is 11.0. The van der Waals surface area contributed by atoms with E-state index in [2.05, 4.69) is 83.0 Å². The molecule has 0 radical (unpaired) electrons. The summed E-state index contributed by atoms with van der Waals surface area (Å²) in [5.41, 5.74) is 2.44. The van der Waals surface area contributed by atoms with E-state index in [9.17, 15) is 0 Å². The Morgan fingerprint density at radius 2 is 1.66 bits per heavy atom. The van der Waals surface area contributed by atoms with Gasteiger partial charge in [0.15, 0.2) is 0 Å². The smallest absolute Gasteiger partial charge is 0.208 e. The van der Waals surface area contributed by atoms with Crippen molar-refractivity contribution in [2.24, 2.45) is 0 Å². The maximum absolute atomic E-state index is 5.65. The van der Waals surface area contributed by atoms with E-state index >= 15 is 0 Å². The van der Waals surface area contributed by atoms with Crippen molar-refractivity contribution in [2.45, 2.75) is 29.2 Å². The van der Waals surface area contributed by atoms with Gasteiger partial charge in [0, 0.05) is 19.0 Å². The highest BCUT2D eigenvalue weighted by Crippen LogP contribution is 2.40. The lowest BCUT2D eigenvalue weighted by molar-refractivity contribution is 0.0605. The monoisotopic (exact) mass is 401 g/mol. The van der Waals surface area contributed by atoms with Gasteiger partial charge in [-0.05, 0) is 34.7 Å². The normalized spacial score (nSPS) is 16.1. The molecular weight excluding hydrogens is 378 g/mol. The summed E-state index contributed by atoms with van der Waals surface area (Å²) in [5.74, 6) is 1.80. The molecule has 1 saturated heterocycles. The number of fused-ring (bicyclic) bond motifs is 1. The van der Waals surface area contributed by atoms with Crippen LogP contribution in [-0.2, 0) is 15.9 Å². The molecule has 1 aliphatic heterocycles. The van der Waals surface area contributed by atoms with Crippen LogP contribution >= 0.6 is 11.8 Å². The zero-order chi connectivity index (χ0) is 19.5. The number of ether oxygens (including phenoxy) is 1. The van der Waals surface area contributed by atoms with Crippen LogP contribution in [0.3, 0.4) is 0 Å². The number of hydrogen-bond donors (Lipinski definition) is 1. The summed E-state index contributed by atoms with van der Waals surface area (Å²) in [6.07, 6.45) is 1.83. The minimum absolute atomic E-state index is 0.148. The lowest BCUT2D eigenvalue weighted by Crippen LogP contribution is -2.36. The Balaban J connectivity index is 1.41. The van der Waals surface area contributed by atoms with Gasteiger partial charge >= 0.3 is 0 Å². The van der Waals surface area contributed by atoms with E-state index in [1.807, 2.05) is 0 Å². The molecule has 0 spiro atoms. The molecule has 3 aromatic carbocycles. The van der Waals surface area contributed by atoms with E-state index in [-0.39, 0.29) is 5.41 Å². The van der Waals surface area contributed by atoms with Crippen LogP contribution < -0.4 is 0 Å². The second-order valence-corrected chi connectivity index (χ2v) is 8.40. The number of rotatable bonds is 5. The number of benzene rings is 3. The Morgan fingerprint density at radius 3 is 2.52 bits per heavy atom. The van der Waals surface area contributed by atoms with E-state index < -0.39 is 0 Å². The molecule has 0 atom stereocenters. The average molecular weight is 402 g/mol. The third-order valence-electron chi connectivity index (χ3n) is 5.83. The molecular formula is C24H23N3OS. The SMILES string of the molecule is c1ccc(C2(c3nc(SCc4cccc5ccccc45)n[nH]3)CCOCC2)cc1. The molecule has 0 saturated carbocycles. The largest absolute Gasteiger partial charge is 0.381 e. The van der Waals surface area contributed by atoms with Crippen LogP contribution in [0.15, 0.2) is 78.0 Å². The van der Waals surface area contributed by atoms with Gasteiger partial charge in [0.05, 0.1) is 5.41 Å². The molecule has 146 valence electrons. The van der Waals surface area contributed by atoms with Crippen molar-refractivity contribution < 1.29 is 4.74 Å². The molecule has 5 heteroatoms. The Labute approximate surface area is 174 Å². The second kappa shape index (κ2) is 8.01. The predicted octanol–water partition coefficient (Wildman–Crippen LogP) is 5.35. The highest BCUT2D eigenvalue weighted by molar-refractivity contribution is 7.98. The molecule has 4 nitrogen and oxygen atoms in total. The average Bonchev–Trinajstić information content (AvgIpc) is 3.28. The van der Waals surface area contributed by atoms with Crippen LogP contribution in [0.5, 0.6) is 0 Å². The van der Waals surface area contributed by atoms with Crippen LogP contribution in [0, 0.1) is 0 Å². The van der Waals surface area contributed by atoms with Gasteiger partial charge < -0.3 is 4.74 Å². The van der Waals surface area contributed by atoms with E-state index in [0.717, 1.165) is 42.8 Å². The maximum atomic E-state index is 5.65. The summed E-state index contributed by atoms with van der Waals surface area (Å²) in [6.45, 7) is 1.49. The van der Waals surface area contributed by atoms with Crippen LogP contribution in [0.2, 0.25) is 0 Å². The molecule has 5 rings (SSSR count). The molecule has 1 aromatic heterocycles. The van der Waals surface area contributed by atoms with Crippen molar-refractivity contribution in [3.05, 3.63) is 89.7 Å². The fourth-order valence-electron chi connectivity index (χ4n) is 4.22. The highest BCUT2D eigenvalue weighted by Gasteiger charge is 2.39. The van der Waals surface area contributed by atoms with E-state index in [1.54, 1.807) is 11.8 Å². The summed E-state index contributed by atoms with van der Waals surface area (Å²) in [5, 5.41) is 11.2. The fourth-order valence-corrected chi connectivity index (χ4v) is 5.03. The second-order valence-electron chi connectivity index (χ2n) is 7.45. The van der Waals surface area contributed by atoms with Gasteiger partial charge in [0.1, 0.15) is 5.82 Å². The van der Waals surface area contributed by atoms with Crippen LogP contribution in [0.1, 0.15) is 29.8 Å². The van der Waals surface area contributed by atoms with Gasteiger partial charge in [-0.25, -0.2) is 4.98 Å². The molecule has 0 amide bonds. The van der Waals surface area contributed by atoms with Crippen molar-refractivity contribution >= 4 is 22.5 Å². The topological polar surface area (TPSA) is 50.8 Å². The third-order valence-corrected chi connectivity index (χ3v) is 6.72. The van der Waals surface area contributed by atoms with E-state index in [0.29, 0.717) is 0 Å². The number of aromatic amines is 1. The highest BCUT2D eigenvalue weighted by atomic mass is 32.2. The zero-order valence-corrected chi connectivity index (χ0v) is 17.0. The molecule has 1 fully saturated rings. The zero-order valence-electron chi connectivity index (χ0n) is 16.2. The number of hydrogen-bond acceptors (Lipinski definition) is 4. The number of H-pyrrole nitrogens is 1. The van der Waals surface area contributed by atoms with Gasteiger partial charge in [-0.2, -0.15) is 0 Å². The quantitative estimate of drug-likeness (QED) is 0.458. The van der Waals surface area contributed by atoms with Gasteiger partial charge in [0.25, 0.3) is 0 Å². The Kier molecular flexibility index (Phi) is 5.08. The number of nitrogens with one attached hydrogen (secondary N) is 1. The molecule has 0 aliphatic carbocycles. The van der Waals surface area contributed by atoms with Gasteiger partial charge in [-0.3, -0.25) is 5.10 Å². The van der Waals surface area contributed by atoms with E-state index in [4.69, 9.17) is 9.72 Å². The van der Waals surface area contributed by atoms with Gasteiger partial charge in [-0.15, -0.1) is 5.10 Å². The van der Waals surface area contributed by atoms with Crippen molar-refractivity contribution in [3.63, 3.8) is 0 Å². The minimum atomic E-state index is -0.148. The summed E-state index contributed by atoms with van der Waals surface area (Å²) >= 11 is 1.68. The Hall–Kier alpha value is -2.63. The first-order chi connectivity index (χ1) is 14.4. The summed E-state index contributed by atoms with van der Waals surface area (Å²) in [4.78, 5) is 4.92. The van der Waals surface area contributed by atoms with Crippen molar-refractivity contribution in [2.75, 3.05) is 13.2 Å². The molecule has 29 heavy (non-hydrogen) atoms. The fraction of sp³-hybridized carbons (Fsp3) is 0.250. The summed E-state index contributed by atoms with van der Waals surface area (Å²) < 4.78 is 5.65. The summed E-state index contributed by atoms with van der Waals surface area (Å²) in [7, 11) is 0. The lowest BCUT2D eigenvalue weighted by atomic mass is 9.73. The Bertz CT molecular complexity index is 1100. The molecule has 0 bridgehead atoms. The lowest BCUT2D eigenvalue weighted by Gasteiger charge is -2.35. The number of thioether (sulfide) groups is 1. The minimum Gasteiger partial charge on any atom is -0.381 e. The number of nitrogens with zero attached hydrogens (tertiary/aromatic N) is 2. The molecule has 4 aromatic rings. The predicted molar refractivity (Wildman–Crippen MR) is 117 cm³/mol. The van der Waals surface area contributed by atoms with Crippen molar-refractivity contribution in [3.8, 4) is 0 Å². The first kappa shape index (κ1) is 18.4. The van der Waals surface area contributed by atoms with E-state index in [1.165, 1.54) is 21.9 Å². The van der Waals surface area contributed by atoms with Crippen LogP contribution in [0.4, 0.5) is 0 Å². The molecule has 2 heterocycles. The standard InChI is InChI=1S/C24H23N3OS/c1-2-10-20(11-3-1)24(13-15-28-16-14-24)22-25-23(27-26-22)29-17-19-9-6-8-18-7-4-5-12-21(18)19/h1-12H,13-17H2,(H,25,26,27). The molecule has 1 N–H and O–H groups in total. The van der Waals surface area contributed by atoms with Crippen LogP contribution in [0.25, 0.3) is 10.8 Å². The van der Waals surface area contributed by atoms with Gasteiger partial charge in [-0.1, -0.05) is 84.6 Å². The third kappa shape index (κ3) is 3.56. The Morgan fingerprint density at radius 1 is 0.897 bits per heavy atom. The van der Waals surface area contributed by atoms with Crippen LogP contribution in [-0.4, -0.2) is 28.4 Å².